The van der Waals surface area contributed by atoms with Gasteiger partial charge in [0.05, 0.1) is 26.4 Å². The van der Waals surface area contributed by atoms with Crippen LogP contribution in [0.1, 0.15) is 37.6 Å². The summed E-state index contributed by atoms with van der Waals surface area (Å²) in [5.41, 5.74) is 2.70. The molecule has 8 aromatic rings. The molecule has 8 rings (SSSR count). The summed E-state index contributed by atoms with van der Waals surface area (Å²) >= 11 is 0. The van der Waals surface area contributed by atoms with E-state index in [0.717, 1.165) is 11.5 Å². The number of hydrogen-bond donors (Lipinski definition) is 2. The van der Waals surface area contributed by atoms with Crippen LogP contribution in [0.15, 0.2) is 158 Å². The summed E-state index contributed by atoms with van der Waals surface area (Å²) in [4.78, 5) is 35.5. The number of aromatic nitrogens is 4. The molecule has 0 saturated heterocycles. The number of nitrogens with one attached hydrogen (secondary N) is 2. The Morgan fingerprint density at radius 3 is 2.05 bits per heavy atom. The Bertz CT molecular complexity index is 3240. The molecule has 0 aliphatic heterocycles. The molecule has 0 aliphatic rings. The molecular weight excluding hydrogens is 900 g/mol. The molecule has 2 amide bonds. The number of carbonyl (C=O) groups is 2. The first-order chi connectivity index (χ1) is 30.9. The van der Waals surface area contributed by atoms with E-state index < -0.39 is 66.6 Å². The fraction of sp³-hybridized carbons (Fsp3) is 0.114. The third-order valence-electron chi connectivity index (χ3n) is 9.36. The number of halogens is 5. The number of sulfone groups is 2. The molecule has 14 nitrogen and oxygen atoms in total. The van der Waals surface area contributed by atoms with E-state index in [2.05, 4.69) is 30.3 Å². The molecule has 0 spiro atoms. The molecule has 0 fully saturated rings. The van der Waals surface area contributed by atoms with Crippen molar-refractivity contribution in [3.8, 4) is 5.75 Å². The number of benzene rings is 4. The van der Waals surface area contributed by atoms with Gasteiger partial charge in [-0.15, -0.1) is 0 Å². The van der Waals surface area contributed by atoms with Gasteiger partial charge in [-0.25, -0.2) is 35.6 Å². The second kappa shape index (κ2) is 18.7. The van der Waals surface area contributed by atoms with Crippen molar-refractivity contribution >= 4 is 48.2 Å². The summed E-state index contributed by atoms with van der Waals surface area (Å²) in [7, 11) is -8.23. The van der Waals surface area contributed by atoms with Crippen molar-refractivity contribution in [2.24, 2.45) is 0 Å². The van der Waals surface area contributed by atoms with Gasteiger partial charge in [0.25, 0.3) is 11.8 Å². The highest BCUT2D eigenvalue weighted by atomic mass is 32.2. The third kappa shape index (κ3) is 11.0. The van der Waals surface area contributed by atoms with Crippen LogP contribution in [0.4, 0.5) is 22.0 Å². The first-order valence-corrected chi connectivity index (χ1v) is 22.0. The first-order valence-electron chi connectivity index (χ1n) is 19.0. The molecule has 21 heteroatoms. The second-order valence-electron chi connectivity index (χ2n) is 14.1. The van der Waals surface area contributed by atoms with E-state index in [0.29, 0.717) is 45.7 Å². The van der Waals surface area contributed by atoms with Crippen molar-refractivity contribution in [3.05, 3.63) is 174 Å². The van der Waals surface area contributed by atoms with Crippen molar-refractivity contribution in [1.29, 1.82) is 0 Å². The third-order valence-corrected chi connectivity index (χ3v) is 12.9. The van der Waals surface area contributed by atoms with Crippen LogP contribution in [0.3, 0.4) is 0 Å². The standard InChI is InChI=1S/C22H16F4N4O4S.C22H17FN2O4S/c23-16-7-17(34-13-22(24,25)26)9-19(8-16)35(32,33)18-3-1-14(2-4-18)10-28-20(31)15-11-29-21-27-5-6-30(21)12-15;1-14-2-7-21(18(23)10-14)30(27,28)17-5-3-15(4-6-17)12-25-22(26)19-11-16-8-9-24-13-20(16)29-19/h1-9,11-12H,10,13H2,(H,28,31);2-11,13H,12H2,1H3,(H,25,26). The van der Waals surface area contributed by atoms with Gasteiger partial charge in [0.1, 0.15) is 22.3 Å². The van der Waals surface area contributed by atoms with Gasteiger partial charge >= 0.3 is 6.18 Å². The number of aryl methyl sites for hydroxylation is 1. The lowest BCUT2D eigenvalue weighted by Crippen LogP contribution is -2.23. The number of hydrogen-bond acceptors (Lipinski definition) is 11. The molecule has 2 N–H and O–H groups in total. The van der Waals surface area contributed by atoms with Crippen molar-refractivity contribution < 1.29 is 57.5 Å². The van der Waals surface area contributed by atoms with Gasteiger partial charge < -0.3 is 19.8 Å². The number of amides is 2. The number of carbonyl (C=O) groups excluding carboxylic acids is 2. The summed E-state index contributed by atoms with van der Waals surface area (Å²) in [5.74, 6) is -2.62. The summed E-state index contributed by atoms with van der Waals surface area (Å²) in [6.45, 7) is 0.247. The van der Waals surface area contributed by atoms with Gasteiger partial charge in [0.15, 0.2) is 18.0 Å². The zero-order valence-corrected chi connectivity index (χ0v) is 35.2. The number of rotatable bonds is 12. The molecule has 0 aliphatic carbocycles. The number of ether oxygens (including phenoxy) is 1. The van der Waals surface area contributed by atoms with Gasteiger partial charge in [-0.1, -0.05) is 30.3 Å². The van der Waals surface area contributed by atoms with E-state index in [1.54, 1.807) is 66.4 Å². The van der Waals surface area contributed by atoms with Gasteiger partial charge in [-0.2, -0.15) is 13.2 Å². The van der Waals surface area contributed by atoms with Crippen LogP contribution < -0.4 is 15.4 Å². The van der Waals surface area contributed by atoms with Crippen LogP contribution in [0.2, 0.25) is 0 Å². The van der Waals surface area contributed by atoms with Crippen LogP contribution in [0.25, 0.3) is 16.7 Å². The Morgan fingerprint density at radius 1 is 0.738 bits per heavy atom. The molecule has 0 radical (unpaired) electrons. The van der Waals surface area contributed by atoms with Crippen LogP contribution in [0.5, 0.6) is 5.75 Å². The van der Waals surface area contributed by atoms with Gasteiger partial charge in [-0.3, -0.25) is 19.0 Å². The van der Waals surface area contributed by atoms with Gasteiger partial charge in [0.2, 0.25) is 25.5 Å². The molecular formula is C44H33F5N6O8S2. The Labute approximate surface area is 366 Å². The quantitative estimate of drug-likeness (QED) is 0.115. The number of pyridine rings is 1. The molecule has 4 aromatic carbocycles. The molecule has 0 saturated carbocycles. The monoisotopic (exact) mass is 932 g/mol. The zero-order chi connectivity index (χ0) is 46.5. The Kier molecular flexibility index (Phi) is 13.1. The molecule has 334 valence electrons. The highest BCUT2D eigenvalue weighted by molar-refractivity contribution is 7.91. The normalized spacial score (nSPS) is 11.8. The lowest BCUT2D eigenvalue weighted by atomic mass is 10.2. The average molecular weight is 933 g/mol. The maximum Gasteiger partial charge on any atom is 0.422 e. The average Bonchev–Trinajstić information content (AvgIpc) is 3.94. The topological polar surface area (TPSA) is 192 Å². The fourth-order valence-electron chi connectivity index (χ4n) is 6.08. The second-order valence-corrected chi connectivity index (χ2v) is 18.0. The summed E-state index contributed by atoms with van der Waals surface area (Å²) in [6.07, 6.45) is 4.59. The largest absolute Gasteiger partial charge is 0.484 e. The summed E-state index contributed by atoms with van der Waals surface area (Å²) in [6, 6.07) is 20.9. The van der Waals surface area contributed by atoms with E-state index in [1.807, 2.05) is 0 Å². The van der Waals surface area contributed by atoms with Crippen molar-refractivity contribution in [3.63, 3.8) is 0 Å². The molecule has 0 unspecified atom stereocenters. The Morgan fingerprint density at radius 2 is 1.40 bits per heavy atom. The Hall–Kier alpha value is -7.52. The SMILES string of the molecule is Cc1ccc(S(=O)(=O)c2ccc(CNC(=O)c3cc4ccncc4o3)cc2)c(F)c1.O=C(NCc1ccc(S(=O)(=O)c2cc(F)cc(OCC(F)(F)F)c2)cc1)c1cnc2nccn2c1. The molecule has 4 aromatic heterocycles. The predicted octanol–water partition coefficient (Wildman–Crippen LogP) is 7.61. The minimum atomic E-state index is -4.67. The lowest BCUT2D eigenvalue weighted by Gasteiger charge is -2.11. The summed E-state index contributed by atoms with van der Waals surface area (Å²) in [5, 5.41) is 6.17. The number of nitrogens with zero attached hydrogens (tertiary/aromatic N) is 4. The molecule has 0 bridgehead atoms. The smallest absolute Gasteiger partial charge is 0.422 e. The lowest BCUT2D eigenvalue weighted by molar-refractivity contribution is -0.153. The highest BCUT2D eigenvalue weighted by Crippen LogP contribution is 2.28. The predicted molar refractivity (Wildman–Crippen MR) is 222 cm³/mol. The van der Waals surface area contributed by atoms with E-state index in [-0.39, 0.29) is 33.5 Å². The number of furan rings is 1. The van der Waals surface area contributed by atoms with Crippen molar-refractivity contribution in [2.45, 2.75) is 45.8 Å². The molecule has 4 heterocycles. The minimum Gasteiger partial charge on any atom is -0.484 e. The van der Waals surface area contributed by atoms with Crippen LogP contribution in [-0.2, 0) is 32.8 Å². The number of imidazole rings is 1. The van der Waals surface area contributed by atoms with Gasteiger partial charge in [-0.05, 0) is 84.3 Å². The minimum absolute atomic E-state index is 0.0230. The molecule has 65 heavy (non-hydrogen) atoms. The van der Waals surface area contributed by atoms with Crippen LogP contribution >= 0.6 is 0 Å². The van der Waals surface area contributed by atoms with Crippen molar-refractivity contribution in [1.82, 2.24) is 30.0 Å². The van der Waals surface area contributed by atoms with Crippen molar-refractivity contribution in [2.75, 3.05) is 6.61 Å². The van der Waals surface area contributed by atoms with Crippen LogP contribution in [-0.4, -0.2) is 60.8 Å². The first kappa shape index (κ1) is 45.5. The number of fused-ring (bicyclic) bond motifs is 2. The van der Waals surface area contributed by atoms with Crippen LogP contribution in [0, 0.1) is 18.6 Å². The fourth-order valence-corrected chi connectivity index (χ4v) is 8.70. The van der Waals surface area contributed by atoms with E-state index in [4.69, 9.17) is 4.42 Å². The molecule has 0 atom stereocenters. The van der Waals surface area contributed by atoms with Gasteiger partial charge in [0, 0.05) is 55.5 Å². The zero-order valence-electron chi connectivity index (χ0n) is 33.6. The van der Waals surface area contributed by atoms with E-state index in [9.17, 15) is 48.4 Å². The van der Waals surface area contributed by atoms with E-state index in [1.165, 1.54) is 60.9 Å². The van der Waals surface area contributed by atoms with E-state index >= 15 is 0 Å². The number of alkyl halides is 3. The summed E-state index contributed by atoms with van der Waals surface area (Å²) < 4.78 is 128. The maximum absolute atomic E-state index is 14.1. The highest BCUT2D eigenvalue weighted by Gasteiger charge is 2.29. The Balaban J connectivity index is 0.000000196. The maximum atomic E-state index is 14.1.